The van der Waals surface area contributed by atoms with Gasteiger partial charge in [-0.1, -0.05) is 6.42 Å². The summed E-state index contributed by atoms with van der Waals surface area (Å²) in [6.45, 7) is 8.18. The van der Waals surface area contributed by atoms with Gasteiger partial charge in [0.05, 0.1) is 0 Å². The van der Waals surface area contributed by atoms with Crippen LogP contribution in [0, 0.1) is 12.8 Å². The van der Waals surface area contributed by atoms with Crippen molar-refractivity contribution in [2.75, 3.05) is 11.9 Å². The van der Waals surface area contributed by atoms with Crippen molar-refractivity contribution in [3.8, 4) is 5.75 Å². The van der Waals surface area contributed by atoms with Gasteiger partial charge in [-0.05, 0) is 70.2 Å². The number of hydrogen-bond acceptors (Lipinski definition) is 4. The molecule has 1 aliphatic rings. The van der Waals surface area contributed by atoms with Gasteiger partial charge in [0.15, 0.2) is 0 Å². The Morgan fingerprint density at radius 3 is 2.74 bits per heavy atom. The smallest absolute Gasteiger partial charge is 0.407 e. The molecule has 1 aliphatic carbocycles. The van der Waals surface area contributed by atoms with Gasteiger partial charge in [0.2, 0.25) is 0 Å². The summed E-state index contributed by atoms with van der Waals surface area (Å²) in [6, 6.07) is 5.68. The number of phenolic OH excluding ortho intramolecular Hbond substituents is 1. The summed E-state index contributed by atoms with van der Waals surface area (Å²) >= 11 is 0. The molecule has 1 fully saturated rings. The van der Waals surface area contributed by atoms with Gasteiger partial charge in [0, 0.05) is 18.3 Å². The van der Waals surface area contributed by atoms with Crippen LogP contribution in [0.25, 0.3) is 0 Å². The number of hydrogen-bond donors (Lipinski definition) is 3. The van der Waals surface area contributed by atoms with Crippen LogP contribution in [0.15, 0.2) is 18.2 Å². The maximum atomic E-state index is 11.8. The maximum Gasteiger partial charge on any atom is 0.407 e. The average molecular weight is 320 g/mol. The fourth-order valence-corrected chi connectivity index (χ4v) is 3.01. The van der Waals surface area contributed by atoms with Crippen LogP contribution in [-0.4, -0.2) is 29.4 Å². The minimum atomic E-state index is -0.472. The van der Waals surface area contributed by atoms with E-state index in [0.29, 0.717) is 18.5 Å². The second-order valence-corrected chi connectivity index (χ2v) is 7.32. The molecule has 1 amide bonds. The fourth-order valence-electron chi connectivity index (χ4n) is 3.01. The van der Waals surface area contributed by atoms with Crippen LogP contribution in [0.1, 0.15) is 45.6 Å². The molecular formula is C18H28N2O3. The van der Waals surface area contributed by atoms with Gasteiger partial charge >= 0.3 is 6.09 Å². The number of rotatable bonds is 4. The Kier molecular flexibility index (Phi) is 5.39. The van der Waals surface area contributed by atoms with Crippen LogP contribution >= 0.6 is 0 Å². The Hall–Kier alpha value is -1.91. The van der Waals surface area contributed by atoms with Gasteiger partial charge in [-0.15, -0.1) is 0 Å². The lowest BCUT2D eigenvalue weighted by Crippen LogP contribution is -2.38. The van der Waals surface area contributed by atoms with E-state index in [1.54, 1.807) is 12.1 Å². The van der Waals surface area contributed by atoms with Crippen molar-refractivity contribution >= 4 is 11.8 Å². The number of phenols is 1. The molecule has 0 spiro atoms. The molecule has 1 aromatic rings. The van der Waals surface area contributed by atoms with E-state index in [1.165, 1.54) is 0 Å². The number of nitrogens with one attached hydrogen (secondary N) is 2. The predicted octanol–water partition coefficient (Wildman–Crippen LogP) is 3.81. The second kappa shape index (κ2) is 7.11. The van der Waals surface area contributed by atoms with Gasteiger partial charge in [0.25, 0.3) is 0 Å². The maximum absolute atomic E-state index is 11.8. The molecule has 5 heteroatoms. The number of carbonyl (C=O) groups excluding carboxylic acids is 1. The zero-order chi connectivity index (χ0) is 17.0. The highest BCUT2D eigenvalue weighted by Crippen LogP contribution is 2.30. The molecule has 5 nitrogen and oxygen atoms in total. The summed E-state index contributed by atoms with van der Waals surface area (Å²) < 4.78 is 5.29. The van der Waals surface area contributed by atoms with Crippen molar-refractivity contribution < 1.29 is 14.6 Å². The number of carbonyl (C=O) groups is 1. The molecule has 1 saturated carbocycles. The van der Waals surface area contributed by atoms with Crippen LogP contribution in [0.2, 0.25) is 0 Å². The first-order valence-electron chi connectivity index (χ1n) is 8.27. The van der Waals surface area contributed by atoms with Crippen LogP contribution in [0.5, 0.6) is 5.75 Å². The summed E-state index contributed by atoms with van der Waals surface area (Å²) in [5.41, 5.74) is 1.59. The summed E-state index contributed by atoms with van der Waals surface area (Å²) in [5, 5.41) is 15.9. The lowest BCUT2D eigenvalue weighted by atomic mass is 10.0. The summed E-state index contributed by atoms with van der Waals surface area (Å²) in [7, 11) is 0. The lowest BCUT2D eigenvalue weighted by Gasteiger charge is -2.25. The molecule has 0 aromatic heterocycles. The third-order valence-corrected chi connectivity index (χ3v) is 4.12. The molecule has 1 aromatic carbocycles. The molecule has 2 atom stereocenters. The number of amides is 1. The Labute approximate surface area is 138 Å². The van der Waals surface area contributed by atoms with E-state index in [2.05, 4.69) is 10.6 Å². The number of ether oxygens (including phenoxy) is 1. The number of aryl methyl sites for hydroxylation is 1. The Balaban J connectivity index is 1.89. The largest absolute Gasteiger partial charge is 0.508 e. The van der Waals surface area contributed by atoms with Gasteiger partial charge in [-0.3, -0.25) is 0 Å². The minimum Gasteiger partial charge on any atom is -0.508 e. The van der Waals surface area contributed by atoms with Gasteiger partial charge < -0.3 is 20.5 Å². The standard InChI is InChI=1S/C18H28N2O3/c1-12-10-14(21)8-9-15(12)20-16-7-5-6-13(16)11-19-17(22)23-18(2,3)4/h8-10,13,16,20-21H,5-7,11H2,1-4H3,(H,19,22). The van der Waals surface area contributed by atoms with E-state index in [0.717, 1.165) is 30.5 Å². The molecule has 0 heterocycles. The first kappa shape index (κ1) is 17.4. The third kappa shape index (κ3) is 5.34. The number of alkyl carbamates (subject to hydrolysis) is 1. The highest BCUT2D eigenvalue weighted by atomic mass is 16.6. The highest BCUT2D eigenvalue weighted by molar-refractivity contribution is 5.67. The van der Waals surface area contributed by atoms with E-state index in [1.807, 2.05) is 33.8 Å². The first-order chi connectivity index (χ1) is 10.7. The zero-order valence-electron chi connectivity index (χ0n) is 14.5. The topological polar surface area (TPSA) is 70.6 Å². The van der Waals surface area contributed by atoms with E-state index in [-0.39, 0.29) is 11.8 Å². The molecule has 2 unspecified atom stereocenters. The third-order valence-electron chi connectivity index (χ3n) is 4.12. The van der Waals surface area contributed by atoms with E-state index >= 15 is 0 Å². The van der Waals surface area contributed by atoms with E-state index in [4.69, 9.17) is 4.74 Å². The second-order valence-electron chi connectivity index (χ2n) is 7.32. The number of aromatic hydroxyl groups is 1. The van der Waals surface area contributed by atoms with Crippen molar-refractivity contribution in [2.24, 2.45) is 5.92 Å². The molecule has 0 aliphatic heterocycles. The average Bonchev–Trinajstić information content (AvgIpc) is 2.85. The summed E-state index contributed by atoms with van der Waals surface area (Å²) in [6.07, 6.45) is 2.96. The summed E-state index contributed by atoms with van der Waals surface area (Å²) in [5.74, 6) is 0.665. The quantitative estimate of drug-likeness (QED) is 0.738. The van der Waals surface area contributed by atoms with E-state index in [9.17, 15) is 9.90 Å². The zero-order valence-corrected chi connectivity index (χ0v) is 14.5. The van der Waals surface area contributed by atoms with Crippen molar-refractivity contribution in [1.29, 1.82) is 0 Å². The van der Waals surface area contributed by atoms with Crippen LogP contribution in [0.3, 0.4) is 0 Å². The molecule has 2 rings (SSSR count). The Morgan fingerprint density at radius 1 is 1.35 bits per heavy atom. The fraction of sp³-hybridized carbons (Fsp3) is 0.611. The minimum absolute atomic E-state index is 0.280. The van der Waals surface area contributed by atoms with Gasteiger partial charge in [-0.2, -0.15) is 0 Å². The van der Waals surface area contributed by atoms with Crippen molar-refractivity contribution in [2.45, 2.75) is 58.6 Å². The SMILES string of the molecule is Cc1cc(O)ccc1NC1CCCC1CNC(=O)OC(C)(C)C. The van der Waals surface area contributed by atoms with Crippen LogP contribution in [0.4, 0.5) is 10.5 Å². The number of benzene rings is 1. The summed E-state index contributed by atoms with van der Waals surface area (Å²) in [4.78, 5) is 11.8. The number of anilines is 1. The molecule has 3 N–H and O–H groups in total. The Morgan fingerprint density at radius 2 is 2.09 bits per heavy atom. The molecule has 0 saturated heterocycles. The first-order valence-corrected chi connectivity index (χ1v) is 8.27. The molecule has 23 heavy (non-hydrogen) atoms. The molecule has 0 bridgehead atoms. The highest BCUT2D eigenvalue weighted by Gasteiger charge is 2.28. The lowest BCUT2D eigenvalue weighted by molar-refractivity contribution is 0.0519. The molecular weight excluding hydrogens is 292 g/mol. The van der Waals surface area contributed by atoms with Crippen molar-refractivity contribution in [3.05, 3.63) is 23.8 Å². The van der Waals surface area contributed by atoms with E-state index < -0.39 is 5.60 Å². The van der Waals surface area contributed by atoms with Gasteiger partial charge in [-0.25, -0.2) is 4.79 Å². The molecule has 0 radical (unpaired) electrons. The van der Waals surface area contributed by atoms with Crippen molar-refractivity contribution in [1.82, 2.24) is 5.32 Å². The Bertz CT molecular complexity index is 552. The predicted molar refractivity (Wildman–Crippen MR) is 91.8 cm³/mol. The van der Waals surface area contributed by atoms with Crippen LogP contribution in [-0.2, 0) is 4.74 Å². The normalized spacial score (nSPS) is 21.0. The monoisotopic (exact) mass is 320 g/mol. The molecule has 128 valence electrons. The van der Waals surface area contributed by atoms with Gasteiger partial charge in [0.1, 0.15) is 11.4 Å². The van der Waals surface area contributed by atoms with Crippen LogP contribution < -0.4 is 10.6 Å². The van der Waals surface area contributed by atoms with Crippen molar-refractivity contribution in [3.63, 3.8) is 0 Å².